The third-order valence-corrected chi connectivity index (χ3v) is 5.41. The molecule has 0 saturated carbocycles. The number of nitrogens with one attached hydrogen (secondary N) is 2. The van der Waals surface area contributed by atoms with Gasteiger partial charge in [-0.05, 0) is 42.3 Å². The number of pyridine rings is 1. The molecule has 3 aromatic rings. The number of H-pyrrole nitrogens is 1. The normalized spacial score (nSPS) is 11.8. The van der Waals surface area contributed by atoms with E-state index in [1.54, 1.807) is 6.20 Å². The van der Waals surface area contributed by atoms with E-state index in [0.29, 0.717) is 12.2 Å². The molecule has 0 aliphatic heterocycles. The van der Waals surface area contributed by atoms with Crippen LogP contribution in [0.1, 0.15) is 5.56 Å². The second kappa shape index (κ2) is 6.80. The number of hydrogen-bond donors (Lipinski definition) is 2. The number of sulfonamides is 1. The van der Waals surface area contributed by atoms with Crippen molar-refractivity contribution in [1.29, 1.82) is 0 Å². The summed E-state index contributed by atoms with van der Waals surface area (Å²) in [5, 5.41) is 1.24. The first-order valence-corrected chi connectivity index (χ1v) is 9.11. The maximum absolute atomic E-state index is 12.3. The molecule has 0 amide bonds. The summed E-state index contributed by atoms with van der Waals surface area (Å²) in [6, 6.07) is 8.17. The van der Waals surface area contributed by atoms with E-state index in [0.717, 1.165) is 16.6 Å². The van der Waals surface area contributed by atoms with Gasteiger partial charge >= 0.3 is 0 Å². The molecular weight excluding hydrogens is 350 g/mol. The summed E-state index contributed by atoms with van der Waals surface area (Å²) in [4.78, 5) is 7.38. The summed E-state index contributed by atoms with van der Waals surface area (Å²) in [5.41, 5.74) is 1.80. The maximum Gasteiger partial charge on any atom is 0.240 e. The van der Waals surface area contributed by atoms with Crippen LogP contribution in [0, 0.1) is 0 Å². The number of aromatic nitrogens is 2. The highest BCUT2D eigenvalue weighted by Gasteiger charge is 2.16. The minimum absolute atomic E-state index is 0.105. The van der Waals surface area contributed by atoms with E-state index in [4.69, 9.17) is 16.3 Å². The van der Waals surface area contributed by atoms with Crippen LogP contribution in [0.2, 0.25) is 5.02 Å². The smallest absolute Gasteiger partial charge is 0.240 e. The van der Waals surface area contributed by atoms with Gasteiger partial charge in [-0.15, -0.1) is 0 Å². The van der Waals surface area contributed by atoms with E-state index in [1.165, 1.54) is 25.3 Å². The van der Waals surface area contributed by atoms with Crippen LogP contribution in [0.3, 0.4) is 0 Å². The quantitative estimate of drug-likeness (QED) is 0.703. The van der Waals surface area contributed by atoms with Gasteiger partial charge in [-0.3, -0.25) is 0 Å². The monoisotopic (exact) mass is 365 g/mol. The van der Waals surface area contributed by atoms with Crippen molar-refractivity contribution in [2.45, 2.75) is 11.3 Å². The maximum atomic E-state index is 12.3. The molecule has 0 aliphatic carbocycles. The van der Waals surface area contributed by atoms with Crippen molar-refractivity contribution in [2.24, 2.45) is 0 Å². The van der Waals surface area contributed by atoms with Crippen LogP contribution in [0.15, 0.2) is 47.6 Å². The van der Waals surface area contributed by atoms with E-state index in [9.17, 15) is 8.42 Å². The number of benzene rings is 1. The van der Waals surface area contributed by atoms with Gasteiger partial charge in [0, 0.05) is 24.3 Å². The topological polar surface area (TPSA) is 84.1 Å². The Morgan fingerprint density at radius 2 is 2.17 bits per heavy atom. The summed E-state index contributed by atoms with van der Waals surface area (Å²) >= 11 is 5.99. The molecule has 2 N–H and O–H groups in total. The fourth-order valence-corrected chi connectivity index (χ4v) is 3.82. The Morgan fingerprint density at radius 1 is 1.33 bits per heavy atom. The molecule has 24 heavy (non-hydrogen) atoms. The van der Waals surface area contributed by atoms with Crippen LogP contribution in [0.25, 0.3) is 11.0 Å². The summed E-state index contributed by atoms with van der Waals surface area (Å²) in [5.74, 6) is 0.432. The van der Waals surface area contributed by atoms with E-state index in [1.807, 2.05) is 18.3 Å². The van der Waals surface area contributed by atoms with E-state index in [2.05, 4.69) is 14.7 Å². The summed E-state index contributed by atoms with van der Waals surface area (Å²) in [7, 11) is -2.15. The molecule has 0 unspecified atom stereocenters. The van der Waals surface area contributed by atoms with Crippen molar-refractivity contribution in [3.8, 4) is 5.75 Å². The first-order chi connectivity index (χ1) is 11.5. The van der Waals surface area contributed by atoms with Gasteiger partial charge in [0.15, 0.2) is 0 Å². The number of hydrogen-bond acceptors (Lipinski definition) is 4. The zero-order chi connectivity index (χ0) is 17.2. The Balaban J connectivity index is 1.70. The lowest BCUT2D eigenvalue weighted by atomic mass is 10.2. The molecule has 2 heterocycles. The summed E-state index contributed by atoms with van der Waals surface area (Å²) in [6.07, 6.45) is 4.10. The summed E-state index contributed by atoms with van der Waals surface area (Å²) < 4.78 is 32.3. The van der Waals surface area contributed by atoms with Gasteiger partial charge in [-0.2, -0.15) is 0 Å². The predicted octanol–water partition coefficient (Wildman–Crippen LogP) is 2.75. The van der Waals surface area contributed by atoms with Crippen LogP contribution in [-0.2, 0) is 16.4 Å². The van der Waals surface area contributed by atoms with Crippen molar-refractivity contribution in [2.75, 3.05) is 13.7 Å². The second-order valence-corrected chi connectivity index (χ2v) is 7.33. The molecule has 0 spiro atoms. The molecule has 2 aromatic heterocycles. The Morgan fingerprint density at radius 3 is 2.92 bits per heavy atom. The van der Waals surface area contributed by atoms with Crippen molar-refractivity contribution in [3.05, 3.63) is 53.3 Å². The van der Waals surface area contributed by atoms with Crippen LogP contribution < -0.4 is 9.46 Å². The molecule has 0 radical (unpaired) electrons. The molecule has 0 atom stereocenters. The predicted molar refractivity (Wildman–Crippen MR) is 93.0 cm³/mol. The standard InChI is InChI=1S/C16H16ClN3O3S/c1-23-15-5-4-12(9-14(15)17)24(21,22)20-8-6-11-10-19-16-13(11)3-2-7-18-16/h2-5,7,9-10,20H,6,8H2,1H3,(H,18,19). The number of ether oxygens (including phenoxy) is 1. The third kappa shape index (κ3) is 3.38. The average molecular weight is 366 g/mol. The van der Waals surface area contributed by atoms with Gasteiger partial charge in [0.05, 0.1) is 17.0 Å². The molecule has 0 bridgehead atoms. The molecule has 1 aromatic carbocycles. The van der Waals surface area contributed by atoms with Crippen molar-refractivity contribution >= 4 is 32.7 Å². The minimum Gasteiger partial charge on any atom is -0.495 e. The SMILES string of the molecule is COc1ccc(S(=O)(=O)NCCc2c[nH]c3ncccc23)cc1Cl. The minimum atomic E-state index is -3.63. The lowest BCUT2D eigenvalue weighted by Gasteiger charge is -2.08. The molecule has 0 saturated heterocycles. The van der Waals surface area contributed by atoms with Crippen LogP contribution >= 0.6 is 11.6 Å². The van der Waals surface area contributed by atoms with Crippen LogP contribution in [0.4, 0.5) is 0 Å². The first kappa shape index (κ1) is 16.8. The van der Waals surface area contributed by atoms with Crippen LogP contribution in [0.5, 0.6) is 5.75 Å². The third-order valence-electron chi connectivity index (χ3n) is 3.66. The highest BCUT2D eigenvalue weighted by Crippen LogP contribution is 2.26. The lowest BCUT2D eigenvalue weighted by Crippen LogP contribution is -2.26. The molecule has 0 aliphatic rings. The van der Waals surface area contributed by atoms with Crippen molar-refractivity contribution in [3.63, 3.8) is 0 Å². The Kier molecular flexibility index (Phi) is 4.75. The first-order valence-electron chi connectivity index (χ1n) is 7.25. The fraction of sp³-hybridized carbons (Fsp3) is 0.188. The molecule has 3 rings (SSSR count). The number of methoxy groups -OCH3 is 1. The number of fused-ring (bicyclic) bond motifs is 1. The van der Waals surface area contributed by atoms with Crippen molar-refractivity contribution in [1.82, 2.24) is 14.7 Å². The van der Waals surface area contributed by atoms with Gasteiger partial charge in [0.2, 0.25) is 10.0 Å². The molecule has 126 valence electrons. The zero-order valence-corrected chi connectivity index (χ0v) is 14.5. The molecular formula is C16H16ClN3O3S. The molecule has 6 nitrogen and oxygen atoms in total. The van der Waals surface area contributed by atoms with Gasteiger partial charge in [-0.25, -0.2) is 18.1 Å². The summed E-state index contributed by atoms with van der Waals surface area (Å²) in [6.45, 7) is 0.272. The number of nitrogens with zero attached hydrogens (tertiary/aromatic N) is 1. The molecule has 8 heteroatoms. The van der Waals surface area contributed by atoms with Crippen LogP contribution in [-0.4, -0.2) is 32.0 Å². The van der Waals surface area contributed by atoms with Crippen molar-refractivity contribution < 1.29 is 13.2 Å². The number of aromatic amines is 1. The average Bonchev–Trinajstić information content (AvgIpc) is 2.98. The van der Waals surface area contributed by atoms with Gasteiger partial charge < -0.3 is 9.72 Å². The Bertz CT molecular complexity index is 970. The van der Waals surface area contributed by atoms with Gasteiger partial charge in [0.25, 0.3) is 0 Å². The lowest BCUT2D eigenvalue weighted by molar-refractivity contribution is 0.414. The zero-order valence-electron chi connectivity index (χ0n) is 12.9. The van der Waals surface area contributed by atoms with Gasteiger partial charge in [0.1, 0.15) is 11.4 Å². The number of halogens is 1. The number of rotatable bonds is 6. The second-order valence-electron chi connectivity index (χ2n) is 5.16. The van der Waals surface area contributed by atoms with E-state index >= 15 is 0 Å². The fourth-order valence-electron chi connectivity index (χ4n) is 2.44. The van der Waals surface area contributed by atoms with E-state index < -0.39 is 10.0 Å². The highest BCUT2D eigenvalue weighted by atomic mass is 35.5. The largest absolute Gasteiger partial charge is 0.495 e. The Labute approximate surface area is 144 Å². The van der Waals surface area contributed by atoms with Gasteiger partial charge in [-0.1, -0.05) is 11.6 Å². The van der Waals surface area contributed by atoms with E-state index in [-0.39, 0.29) is 16.5 Å². The molecule has 0 fully saturated rings. The highest BCUT2D eigenvalue weighted by molar-refractivity contribution is 7.89. The Hall–Kier alpha value is -2.09.